The molecule has 1 heterocycles. The van der Waals surface area contributed by atoms with Gasteiger partial charge in [-0.2, -0.15) is 0 Å². The highest BCUT2D eigenvalue weighted by molar-refractivity contribution is 6.33. The summed E-state index contributed by atoms with van der Waals surface area (Å²) in [6.45, 7) is 1.95. The normalized spacial score (nSPS) is 15.3. The lowest BCUT2D eigenvalue weighted by Crippen LogP contribution is -2.42. The first-order valence-electron chi connectivity index (χ1n) is 8.79. The monoisotopic (exact) mass is 388 g/mol. The van der Waals surface area contributed by atoms with Gasteiger partial charge in [0.2, 0.25) is 5.91 Å². The summed E-state index contributed by atoms with van der Waals surface area (Å²) in [6.07, 6.45) is 1.73. The van der Waals surface area contributed by atoms with Crippen LogP contribution in [0.1, 0.15) is 12.8 Å². The highest BCUT2D eigenvalue weighted by atomic mass is 35.5. The Bertz CT molecular complexity index is 808. The zero-order valence-corrected chi connectivity index (χ0v) is 15.5. The number of carbonyl (C=O) groups excluding carboxylic acids is 1. The summed E-state index contributed by atoms with van der Waals surface area (Å²) in [7, 11) is 0. The van der Waals surface area contributed by atoms with Crippen molar-refractivity contribution >= 4 is 34.6 Å². The fourth-order valence-corrected chi connectivity index (χ4v) is 3.34. The predicted molar refractivity (Wildman–Crippen MR) is 106 cm³/mol. The molecule has 0 unspecified atom stereocenters. The number of anilines is 2. The molecule has 0 saturated carbocycles. The third-order valence-corrected chi connectivity index (χ3v) is 4.85. The highest BCUT2D eigenvalue weighted by Crippen LogP contribution is 2.28. The van der Waals surface area contributed by atoms with Crippen LogP contribution in [0, 0.1) is 10.1 Å². The Morgan fingerprint density at radius 1 is 1.19 bits per heavy atom. The number of nitrogens with one attached hydrogen (secondary N) is 2. The summed E-state index contributed by atoms with van der Waals surface area (Å²) in [4.78, 5) is 24.6. The number of para-hydroxylation sites is 1. The molecule has 8 heteroatoms. The van der Waals surface area contributed by atoms with E-state index < -0.39 is 4.92 Å². The molecule has 1 aliphatic rings. The number of halogens is 1. The highest BCUT2D eigenvalue weighted by Gasteiger charge is 2.21. The molecule has 2 N–H and O–H groups in total. The first kappa shape index (κ1) is 19.1. The lowest BCUT2D eigenvalue weighted by molar-refractivity contribution is -0.384. The number of piperidine rings is 1. The quantitative estimate of drug-likeness (QED) is 0.581. The lowest BCUT2D eigenvalue weighted by Gasteiger charge is -2.32. The van der Waals surface area contributed by atoms with Gasteiger partial charge in [0.05, 0.1) is 22.2 Å². The van der Waals surface area contributed by atoms with Crippen LogP contribution < -0.4 is 10.6 Å². The van der Waals surface area contributed by atoms with Gasteiger partial charge in [0, 0.05) is 37.0 Å². The second-order valence-electron chi connectivity index (χ2n) is 6.53. The van der Waals surface area contributed by atoms with Crippen molar-refractivity contribution in [3.63, 3.8) is 0 Å². The molecule has 2 aromatic carbocycles. The van der Waals surface area contributed by atoms with Crippen LogP contribution in [0.3, 0.4) is 0 Å². The number of benzene rings is 2. The Kier molecular flexibility index (Phi) is 6.26. The number of carbonyl (C=O) groups is 1. The van der Waals surface area contributed by atoms with E-state index in [0.717, 1.165) is 31.6 Å². The van der Waals surface area contributed by atoms with E-state index in [1.54, 1.807) is 6.07 Å². The smallest absolute Gasteiger partial charge is 0.271 e. The Balaban J connectivity index is 1.46. The van der Waals surface area contributed by atoms with Crippen LogP contribution in [0.15, 0.2) is 48.5 Å². The van der Waals surface area contributed by atoms with E-state index in [1.807, 2.05) is 30.3 Å². The standard InChI is InChI=1S/C19H21ClN4O3/c20-17-12-16(24(26)27)6-7-18(17)21-15-8-10-23(11-9-15)13-19(25)22-14-4-2-1-3-5-14/h1-7,12,15,21H,8-11,13H2,(H,22,25). The van der Waals surface area contributed by atoms with Crippen molar-refractivity contribution in [2.24, 2.45) is 0 Å². The molecular weight excluding hydrogens is 368 g/mol. The Morgan fingerprint density at radius 3 is 2.52 bits per heavy atom. The third kappa shape index (κ3) is 5.42. The number of amides is 1. The maximum Gasteiger partial charge on any atom is 0.271 e. The molecule has 0 radical (unpaired) electrons. The fraction of sp³-hybridized carbons (Fsp3) is 0.316. The molecular formula is C19H21ClN4O3. The van der Waals surface area contributed by atoms with Gasteiger partial charge in [0.15, 0.2) is 0 Å². The van der Waals surface area contributed by atoms with Crippen molar-refractivity contribution in [2.45, 2.75) is 18.9 Å². The Hall–Kier alpha value is -2.64. The minimum atomic E-state index is -0.464. The SMILES string of the molecule is O=C(CN1CCC(Nc2ccc([N+](=O)[O-])cc2Cl)CC1)Nc1ccccc1. The van der Waals surface area contributed by atoms with Crippen molar-refractivity contribution in [2.75, 3.05) is 30.3 Å². The van der Waals surface area contributed by atoms with Gasteiger partial charge in [-0.3, -0.25) is 19.8 Å². The first-order valence-corrected chi connectivity index (χ1v) is 9.17. The number of hydrogen-bond donors (Lipinski definition) is 2. The van der Waals surface area contributed by atoms with Crippen LogP contribution >= 0.6 is 11.6 Å². The van der Waals surface area contributed by atoms with E-state index in [9.17, 15) is 14.9 Å². The average Bonchev–Trinajstić information content (AvgIpc) is 2.65. The molecule has 142 valence electrons. The molecule has 0 aliphatic carbocycles. The Labute approximate surface area is 162 Å². The molecule has 0 atom stereocenters. The molecule has 2 aromatic rings. The van der Waals surface area contributed by atoms with Crippen molar-refractivity contribution in [1.82, 2.24) is 4.90 Å². The van der Waals surface area contributed by atoms with E-state index in [0.29, 0.717) is 17.3 Å². The summed E-state index contributed by atoms with van der Waals surface area (Å²) < 4.78 is 0. The number of rotatable bonds is 6. The molecule has 7 nitrogen and oxygen atoms in total. The average molecular weight is 389 g/mol. The fourth-order valence-electron chi connectivity index (χ4n) is 3.12. The largest absolute Gasteiger partial charge is 0.381 e. The molecule has 1 saturated heterocycles. The maximum atomic E-state index is 12.1. The van der Waals surface area contributed by atoms with Crippen LogP contribution in [0.2, 0.25) is 5.02 Å². The number of likely N-dealkylation sites (tertiary alicyclic amines) is 1. The minimum Gasteiger partial charge on any atom is -0.381 e. The summed E-state index contributed by atoms with van der Waals surface area (Å²) >= 11 is 6.14. The molecule has 1 fully saturated rings. The molecule has 27 heavy (non-hydrogen) atoms. The van der Waals surface area contributed by atoms with Crippen molar-refractivity contribution in [3.05, 3.63) is 63.7 Å². The Morgan fingerprint density at radius 2 is 1.89 bits per heavy atom. The number of nitro benzene ring substituents is 1. The van der Waals surface area contributed by atoms with Crippen LogP contribution in [0.25, 0.3) is 0 Å². The molecule has 1 amide bonds. The van der Waals surface area contributed by atoms with Crippen LogP contribution in [0.4, 0.5) is 17.1 Å². The van der Waals surface area contributed by atoms with Gasteiger partial charge in [0.25, 0.3) is 5.69 Å². The third-order valence-electron chi connectivity index (χ3n) is 4.54. The van der Waals surface area contributed by atoms with E-state index >= 15 is 0 Å². The van der Waals surface area contributed by atoms with Crippen molar-refractivity contribution in [1.29, 1.82) is 0 Å². The maximum absolute atomic E-state index is 12.1. The zero-order chi connectivity index (χ0) is 19.2. The number of hydrogen-bond acceptors (Lipinski definition) is 5. The van der Waals surface area contributed by atoms with Crippen LogP contribution in [-0.4, -0.2) is 41.4 Å². The second kappa shape index (κ2) is 8.83. The van der Waals surface area contributed by atoms with Gasteiger partial charge in [-0.15, -0.1) is 0 Å². The van der Waals surface area contributed by atoms with E-state index in [-0.39, 0.29) is 17.6 Å². The van der Waals surface area contributed by atoms with E-state index in [4.69, 9.17) is 11.6 Å². The summed E-state index contributed by atoms with van der Waals surface area (Å²) in [5.41, 5.74) is 1.47. The molecule has 1 aliphatic heterocycles. The summed E-state index contributed by atoms with van der Waals surface area (Å²) in [5.74, 6) is -0.0222. The van der Waals surface area contributed by atoms with E-state index in [1.165, 1.54) is 12.1 Å². The van der Waals surface area contributed by atoms with Crippen LogP contribution in [-0.2, 0) is 4.79 Å². The van der Waals surface area contributed by atoms with Crippen LogP contribution in [0.5, 0.6) is 0 Å². The summed E-state index contributed by atoms with van der Waals surface area (Å²) in [6, 6.07) is 14.1. The van der Waals surface area contributed by atoms with Gasteiger partial charge < -0.3 is 10.6 Å². The van der Waals surface area contributed by atoms with Gasteiger partial charge in [-0.25, -0.2) is 0 Å². The van der Waals surface area contributed by atoms with Crippen molar-refractivity contribution < 1.29 is 9.72 Å². The molecule has 0 bridgehead atoms. The van der Waals surface area contributed by atoms with E-state index in [2.05, 4.69) is 15.5 Å². The lowest BCUT2D eigenvalue weighted by atomic mass is 10.0. The predicted octanol–water partition coefficient (Wildman–Crippen LogP) is 3.76. The van der Waals surface area contributed by atoms with Gasteiger partial charge in [-0.1, -0.05) is 29.8 Å². The topological polar surface area (TPSA) is 87.5 Å². The second-order valence-corrected chi connectivity index (χ2v) is 6.94. The number of non-ortho nitro benzene ring substituents is 1. The van der Waals surface area contributed by atoms with Gasteiger partial charge in [0.1, 0.15) is 0 Å². The molecule has 3 rings (SSSR count). The van der Waals surface area contributed by atoms with Crippen molar-refractivity contribution in [3.8, 4) is 0 Å². The molecule has 0 spiro atoms. The zero-order valence-electron chi connectivity index (χ0n) is 14.7. The first-order chi connectivity index (χ1) is 13.0. The summed E-state index contributed by atoms with van der Waals surface area (Å²) in [5, 5.41) is 17.4. The van der Waals surface area contributed by atoms with Gasteiger partial charge >= 0.3 is 0 Å². The van der Waals surface area contributed by atoms with Gasteiger partial charge in [-0.05, 0) is 31.0 Å². The number of nitro groups is 1. The number of nitrogens with zero attached hydrogens (tertiary/aromatic N) is 2. The minimum absolute atomic E-state index is 0.0222. The molecule has 0 aromatic heterocycles.